The van der Waals surface area contributed by atoms with E-state index in [4.69, 9.17) is 0 Å². The standard InChI is InChI=1S/C15H25N3/c1-4-16-11-13-10-14(7-8-17-13)18-9-5-6-15(18)12(2)3/h7-8,10,12,15-16H,4-6,9,11H2,1-3H3. The molecule has 0 spiro atoms. The third-order valence-corrected chi connectivity index (χ3v) is 3.76. The molecule has 0 aromatic carbocycles. The molecule has 1 N–H and O–H groups in total. The zero-order chi connectivity index (χ0) is 13.0. The molecule has 3 nitrogen and oxygen atoms in total. The monoisotopic (exact) mass is 247 g/mol. The number of aromatic nitrogens is 1. The molecular weight excluding hydrogens is 222 g/mol. The van der Waals surface area contributed by atoms with Gasteiger partial charge in [0, 0.05) is 31.0 Å². The molecule has 1 saturated heterocycles. The Hall–Kier alpha value is -1.09. The first-order chi connectivity index (χ1) is 8.72. The van der Waals surface area contributed by atoms with Crippen molar-refractivity contribution in [2.75, 3.05) is 18.0 Å². The molecule has 0 radical (unpaired) electrons. The molecule has 0 bridgehead atoms. The third kappa shape index (κ3) is 3.02. The van der Waals surface area contributed by atoms with E-state index in [1.54, 1.807) is 0 Å². The molecule has 18 heavy (non-hydrogen) atoms. The van der Waals surface area contributed by atoms with Gasteiger partial charge in [-0.15, -0.1) is 0 Å². The van der Waals surface area contributed by atoms with Crippen LogP contribution in [0.25, 0.3) is 0 Å². The predicted octanol–water partition coefficient (Wildman–Crippen LogP) is 2.82. The Labute approximate surface area is 111 Å². The maximum atomic E-state index is 4.43. The molecular formula is C15H25N3. The van der Waals surface area contributed by atoms with Gasteiger partial charge in [0.2, 0.25) is 0 Å². The van der Waals surface area contributed by atoms with Gasteiger partial charge in [-0.2, -0.15) is 0 Å². The van der Waals surface area contributed by atoms with Crippen molar-refractivity contribution in [3.63, 3.8) is 0 Å². The zero-order valence-electron chi connectivity index (χ0n) is 11.8. The van der Waals surface area contributed by atoms with Crippen molar-refractivity contribution >= 4 is 5.69 Å². The lowest BCUT2D eigenvalue weighted by Crippen LogP contribution is -2.33. The van der Waals surface area contributed by atoms with Crippen LogP contribution in [-0.2, 0) is 6.54 Å². The van der Waals surface area contributed by atoms with Crippen LogP contribution in [0.5, 0.6) is 0 Å². The zero-order valence-corrected chi connectivity index (χ0v) is 11.8. The molecule has 0 saturated carbocycles. The van der Waals surface area contributed by atoms with E-state index in [1.165, 1.54) is 25.1 Å². The fourth-order valence-corrected chi connectivity index (χ4v) is 2.80. The Bertz CT molecular complexity index is 376. The first-order valence-corrected chi connectivity index (χ1v) is 7.14. The van der Waals surface area contributed by atoms with Crippen LogP contribution in [0, 0.1) is 5.92 Å². The van der Waals surface area contributed by atoms with Gasteiger partial charge in [-0.3, -0.25) is 4.98 Å². The number of hydrogen-bond donors (Lipinski definition) is 1. The summed E-state index contributed by atoms with van der Waals surface area (Å²) < 4.78 is 0. The van der Waals surface area contributed by atoms with Crippen molar-refractivity contribution in [3.8, 4) is 0 Å². The lowest BCUT2D eigenvalue weighted by molar-refractivity contribution is 0.491. The lowest BCUT2D eigenvalue weighted by Gasteiger charge is -2.29. The highest BCUT2D eigenvalue weighted by Crippen LogP contribution is 2.29. The fraction of sp³-hybridized carbons (Fsp3) is 0.667. The highest BCUT2D eigenvalue weighted by atomic mass is 15.2. The Morgan fingerprint density at radius 2 is 2.33 bits per heavy atom. The van der Waals surface area contributed by atoms with Crippen LogP contribution in [0.4, 0.5) is 5.69 Å². The minimum absolute atomic E-state index is 0.694. The van der Waals surface area contributed by atoms with Gasteiger partial charge in [0.05, 0.1) is 5.69 Å². The number of hydrogen-bond acceptors (Lipinski definition) is 3. The van der Waals surface area contributed by atoms with E-state index < -0.39 is 0 Å². The van der Waals surface area contributed by atoms with E-state index in [-0.39, 0.29) is 0 Å². The summed E-state index contributed by atoms with van der Waals surface area (Å²) >= 11 is 0. The van der Waals surface area contributed by atoms with E-state index in [9.17, 15) is 0 Å². The van der Waals surface area contributed by atoms with E-state index in [2.05, 4.69) is 48.1 Å². The second kappa shape index (κ2) is 6.19. The molecule has 1 fully saturated rings. The molecule has 2 rings (SSSR count). The van der Waals surface area contributed by atoms with Crippen LogP contribution >= 0.6 is 0 Å². The number of rotatable bonds is 5. The van der Waals surface area contributed by atoms with Crippen molar-refractivity contribution in [1.29, 1.82) is 0 Å². The van der Waals surface area contributed by atoms with Gasteiger partial charge in [0.25, 0.3) is 0 Å². The van der Waals surface area contributed by atoms with Gasteiger partial charge in [-0.25, -0.2) is 0 Å². The minimum Gasteiger partial charge on any atom is -0.368 e. The highest BCUT2D eigenvalue weighted by molar-refractivity contribution is 5.48. The Balaban J connectivity index is 2.12. The molecule has 1 atom stereocenters. The largest absolute Gasteiger partial charge is 0.368 e. The Morgan fingerprint density at radius 3 is 3.06 bits per heavy atom. The second-order valence-electron chi connectivity index (χ2n) is 5.43. The molecule has 1 unspecified atom stereocenters. The van der Waals surface area contributed by atoms with Crippen LogP contribution in [0.1, 0.15) is 39.3 Å². The Kier molecular flexibility index (Phi) is 4.59. The van der Waals surface area contributed by atoms with Crippen LogP contribution in [0.2, 0.25) is 0 Å². The molecule has 3 heteroatoms. The minimum atomic E-state index is 0.694. The van der Waals surface area contributed by atoms with Crippen molar-refractivity contribution in [2.24, 2.45) is 5.92 Å². The van der Waals surface area contributed by atoms with Crippen molar-refractivity contribution < 1.29 is 0 Å². The van der Waals surface area contributed by atoms with Gasteiger partial charge in [-0.1, -0.05) is 20.8 Å². The Morgan fingerprint density at radius 1 is 1.50 bits per heavy atom. The van der Waals surface area contributed by atoms with Crippen LogP contribution in [0.15, 0.2) is 18.3 Å². The van der Waals surface area contributed by atoms with E-state index in [1.807, 2.05) is 6.20 Å². The summed E-state index contributed by atoms with van der Waals surface area (Å²) in [6, 6.07) is 5.08. The van der Waals surface area contributed by atoms with Crippen molar-refractivity contribution in [2.45, 2.75) is 46.2 Å². The number of nitrogens with one attached hydrogen (secondary N) is 1. The maximum absolute atomic E-state index is 4.43. The topological polar surface area (TPSA) is 28.2 Å². The third-order valence-electron chi connectivity index (χ3n) is 3.76. The summed E-state index contributed by atoms with van der Waals surface area (Å²) in [5, 5.41) is 3.34. The van der Waals surface area contributed by atoms with E-state index in [0.717, 1.165) is 24.7 Å². The number of nitrogens with zero attached hydrogens (tertiary/aromatic N) is 2. The first kappa shape index (κ1) is 13.3. The molecule has 1 aliphatic rings. The average Bonchev–Trinajstić information content (AvgIpc) is 2.86. The van der Waals surface area contributed by atoms with Gasteiger partial charge in [-0.05, 0) is 37.4 Å². The van der Waals surface area contributed by atoms with Crippen LogP contribution in [0.3, 0.4) is 0 Å². The molecule has 2 heterocycles. The first-order valence-electron chi connectivity index (χ1n) is 7.14. The molecule has 1 aliphatic heterocycles. The average molecular weight is 247 g/mol. The molecule has 100 valence electrons. The summed E-state index contributed by atoms with van der Waals surface area (Å²) in [5.41, 5.74) is 2.48. The quantitative estimate of drug-likeness (QED) is 0.867. The van der Waals surface area contributed by atoms with E-state index >= 15 is 0 Å². The molecule has 0 amide bonds. The van der Waals surface area contributed by atoms with Gasteiger partial charge < -0.3 is 10.2 Å². The van der Waals surface area contributed by atoms with Crippen molar-refractivity contribution in [1.82, 2.24) is 10.3 Å². The van der Waals surface area contributed by atoms with Gasteiger partial charge in [0.15, 0.2) is 0 Å². The van der Waals surface area contributed by atoms with Gasteiger partial charge >= 0.3 is 0 Å². The predicted molar refractivity (Wildman–Crippen MR) is 76.8 cm³/mol. The second-order valence-corrected chi connectivity index (χ2v) is 5.43. The highest BCUT2D eigenvalue weighted by Gasteiger charge is 2.27. The smallest absolute Gasteiger partial charge is 0.0562 e. The fourth-order valence-electron chi connectivity index (χ4n) is 2.80. The number of anilines is 1. The summed E-state index contributed by atoms with van der Waals surface area (Å²) in [7, 11) is 0. The lowest BCUT2D eigenvalue weighted by atomic mass is 10.0. The molecule has 0 aliphatic carbocycles. The molecule has 1 aromatic heterocycles. The molecule has 1 aromatic rings. The summed E-state index contributed by atoms with van der Waals surface area (Å²) in [6.07, 6.45) is 4.58. The summed E-state index contributed by atoms with van der Waals surface area (Å²) in [6.45, 7) is 9.81. The summed E-state index contributed by atoms with van der Waals surface area (Å²) in [4.78, 5) is 6.99. The van der Waals surface area contributed by atoms with Crippen molar-refractivity contribution in [3.05, 3.63) is 24.0 Å². The number of pyridine rings is 1. The summed E-state index contributed by atoms with van der Waals surface area (Å²) in [5.74, 6) is 0.720. The van der Waals surface area contributed by atoms with Crippen LogP contribution in [-0.4, -0.2) is 24.1 Å². The van der Waals surface area contributed by atoms with Gasteiger partial charge in [0.1, 0.15) is 0 Å². The SMILES string of the molecule is CCNCc1cc(N2CCCC2C(C)C)ccn1. The normalized spacial score (nSPS) is 19.8. The van der Waals surface area contributed by atoms with E-state index in [0.29, 0.717) is 6.04 Å². The van der Waals surface area contributed by atoms with Crippen LogP contribution < -0.4 is 10.2 Å². The maximum Gasteiger partial charge on any atom is 0.0562 e.